The molecule has 4 nitrogen and oxygen atoms in total. The van der Waals surface area contributed by atoms with Crippen LogP contribution in [0.25, 0.3) is 0 Å². The number of nitrogens with zero attached hydrogens (tertiary/aromatic N) is 2. The Morgan fingerprint density at radius 1 is 1.62 bits per heavy atom. The monoisotopic (exact) mass is 221 g/mol. The fraction of sp³-hybridized carbons (Fsp3) is 0.583. The van der Waals surface area contributed by atoms with Crippen LogP contribution in [-0.4, -0.2) is 31.8 Å². The summed E-state index contributed by atoms with van der Waals surface area (Å²) in [5.74, 6) is 0.617. The summed E-state index contributed by atoms with van der Waals surface area (Å²) in [5.41, 5.74) is 7.68. The summed E-state index contributed by atoms with van der Waals surface area (Å²) >= 11 is 0. The highest BCUT2D eigenvalue weighted by molar-refractivity contribution is 5.65. The highest BCUT2D eigenvalue weighted by Crippen LogP contribution is 2.23. The van der Waals surface area contributed by atoms with Crippen LogP contribution >= 0.6 is 0 Å². The predicted octanol–water partition coefficient (Wildman–Crippen LogP) is 1.53. The minimum absolute atomic E-state index is 0.617. The number of hydrogen-bond donors (Lipinski definition) is 1. The van der Waals surface area contributed by atoms with Crippen LogP contribution in [0.4, 0.5) is 11.4 Å². The summed E-state index contributed by atoms with van der Waals surface area (Å²) in [7, 11) is 2.07. The zero-order valence-corrected chi connectivity index (χ0v) is 9.72. The van der Waals surface area contributed by atoms with E-state index in [0.29, 0.717) is 5.92 Å². The highest BCUT2D eigenvalue weighted by atomic mass is 16.5. The molecule has 1 aliphatic heterocycles. The first-order valence-electron chi connectivity index (χ1n) is 5.75. The molecule has 1 aromatic heterocycles. The van der Waals surface area contributed by atoms with E-state index in [1.165, 1.54) is 12.8 Å². The largest absolute Gasteiger partial charge is 0.396 e. The molecule has 1 fully saturated rings. The molecule has 0 aromatic carbocycles. The third-order valence-corrected chi connectivity index (χ3v) is 3.03. The van der Waals surface area contributed by atoms with Crippen molar-refractivity contribution in [3.8, 4) is 0 Å². The van der Waals surface area contributed by atoms with Crippen molar-refractivity contribution in [3.05, 3.63) is 18.5 Å². The zero-order chi connectivity index (χ0) is 11.4. The van der Waals surface area contributed by atoms with Gasteiger partial charge in [0.05, 0.1) is 24.2 Å². The molecule has 2 heterocycles. The molecular weight excluding hydrogens is 202 g/mol. The topological polar surface area (TPSA) is 51.4 Å². The molecule has 2 N–H and O–H groups in total. The molecule has 0 spiro atoms. The lowest BCUT2D eigenvalue weighted by Crippen LogP contribution is -2.31. The molecule has 1 aliphatic rings. The van der Waals surface area contributed by atoms with E-state index in [9.17, 15) is 0 Å². The number of pyridine rings is 1. The average Bonchev–Trinajstić information content (AvgIpc) is 2.31. The summed E-state index contributed by atoms with van der Waals surface area (Å²) in [4.78, 5) is 6.19. The number of rotatable bonds is 3. The van der Waals surface area contributed by atoms with Crippen molar-refractivity contribution in [1.82, 2.24) is 4.98 Å². The number of anilines is 2. The van der Waals surface area contributed by atoms with Crippen LogP contribution in [0.2, 0.25) is 0 Å². The minimum Gasteiger partial charge on any atom is -0.396 e. The normalized spacial score (nSPS) is 20.7. The Morgan fingerprint density at radius 3 is 3.19 bits per heavy atom. The van der Waals surface area contributed by atoms with Crippen molar-refractivity contribution in [1.29, 1.82) is 0 Å². The lowest BCUT2D eigenvalue weighted by atomic mass is 10.0. The second kappa shape index (κ2) is 5.16. The van der Waals surface area contributed by atoms with Crippen molar-refractivity contribution in [2.45, 2.75) is 12.8 Å². The van der Waals surface area contributed by atoms with Gasteiger partial charge in [0.15, 0.2) is 0 Å². The summed E-state index contributed by atoms with van der Waals surface area (Å²) in [6.07, 6.45) is 5.89. The molecular formula is C12H19N3O. The maximum atomic E-state index is 5.89. The smallest absolute Gasteiger partial charge is 0.0738 e. The van der Waals surface area contributed by atoms with Crippen molar-refractivity contribution >= 4 is 11.4 Å². The lowest BCUT2D eigenvalue weighted by Gasteiger charge is -2.28. The van der Waals surface area contributed by atoms with Crippen LogP contribution in [-0.2, 0) is 4.74 Å². The van der Waals surface area contributed by atoms with E-state index in [0.717, 1.165) is 31.1 Å². The summed E-state index contributed by atoms with van der Waals surface area (Å²) in [5, 5.41) is 0. The van der Waals surface area contributed by atoms with Gasteiger partial charge in [-0.2, -0.15) is 0 Å². The van der Waals surface area contributed by atoms with Crippen molar-refractivity contribution in [2.24, 2.45) is 5.92 Å². The van der Waals surface area contributed by atoms with Crippen molar-refractivity contribution < 1.29 is 4.74 Å². The number of hydrogen-bond acceptors (Lipinski definition) is 4. The molecule has 2 rings (SSSR count). The van der Waals surface area contributed by atoms with Gasteiger partial charge in [-0.05, 0) is 24.8 Å². The minimum atomic E-state index is 0.617. The highest BCUT2D eigenvalue weighted by Gasteiger charge is 2.16. The third-order valence-electron chi connectivity index (χ3n) is 3.03. The molecule has 0 bridgehead atoms. The number of aromatic nitrogens is 1. The van der Waals surface area contributed by atoms with E-state index in [4.69, 9.17) is 10.5 Å². The van der Waals surface area contributed by atoms with Gasteiger partial charge in [0.2, 0.25) is 0 Å². The standard InChI is InChI=1S/C12H19N3O/c1-15(8-10-3-2-6-16-9-10)12-4-5-14-7-11(12)13/h4-5,7,10H,2-3,6,8-9,13H2,1H3. The Morgan fingerprint density at radius 2 is 2.50 bits per heavy atom. The van der Waals surface area contributed by atoms with E-state index < -0.39 is 0 Å². The number of ether oxygens (including phenoxy) is 1. The second-order valence-electron chi connectivity index (χ2n) is 4.40. The quantitative estimate of drug-likeness (QED) is 0.841. The predicted molar refractivity (Wildman–Crippen MR) is 65.5 cm³/mol. The van der Waals surface area contributed by atoms with E-state index in [1.54, 1.807) is 12.4 Å². The maximum absolute atomic E-state index is 5.89. The molecule has 88 valence electrons. The molecule has 16 heavy (non-hydrogen) atoms. The van der Waals surface area contributed by atoms with Crippen molar-refractivity contribution in [3.63, 3.8) is 0 Å². The first-order chi connectivity index (χ1) is 7.77. The fourth-order valence-corrected chi connectivity index (χ4v) is 2.18. The Hall–Kier alpha value is -1.29. The summed E-state index contributed by atoms with van der Waals surface area (Å²) in [6.45, 7) is 2.78. The molecule has 1 aromatic rings. The second-order valence-corrected chi connectivity index (χ2v) is 4.40. The van der Waals surface area contributed by atoms with Gasteiger partial charge in [0.25, 0.3) is 0 Å². The van der Waals surface area contributed by atoms with Gasteiger partial charge < -0.3 is 15.4 Å². The molecule has 4 heteroatoms. The van der Waals surface area contributed by atoms with Gasteiger partial charge in [-0.15, -0.1) is 0 Å². The third kappa shape index (κ3) is 2.64. The molecule has 0 amide bonds. The Balaban J connectivity index is 1.96. The van der Waals surface area contributed by atoms with Crippen LogP contribution in [0.3, 0.4) is 0 Å². The van der Waals surface area contributed by atoms with E-state index in [2.05, 4.69) is 16.9 Å². The maximum Gasteiger partial charge on any atom is 0.0738 e. The van der Waals surface area contributed by atoms with Crippen LogP contribution in [0, 0.1) is 5.92 Å². The lowest BCUT2D eigenvalue weighted by molar-refractivity contribution is 0.0576. The first-order valence-corrected chi connectivity index (χ1v) is 5.75. The Kier molecular flexibility index (Phi) is 3.62. The molecule has 0 aliphatic carbocycles. The number of nitrogens with two attached hydrogens (primary N) is 1. The summed E-state index contributed by atoms with van der Waals surface area (Å²) < 4.78 is 5.48. The Labute approximate surface area is 96.4 Å². The van der Waals surface area contributed by atoms with Gasteiger partial charge in [0, 0.05) is 26.4 Å². The molecule has 0 saturated carbocycles. The van der Waals surface area contributed by atoms with Crippen molar-refractivity contribution in [2.75, 3.05) is 37.4 Å². The SMILES string of the molecule is CN(CC1CCCOC1)c1ccncc1N. The van der Waals surface area contributed by atoms with Gasteiger partial charge in [-0.1, -0.05) is 0 Å². The van der Waals surface area contributed by atoms with Gasteiger partial charge in [-0.3, -0.25) is 4.98 Å². The van der Waals surface area contributed by atoms with Crippen LogP contribution in [0.1, 0.15) is 12.8 Å². The van der Waals surface area contributed by atoms with E-state index >= 15 is 0 Å². The molecule has 1 atom stereocenters. The molecule has 0 radical (unpaired) electrons. The average molecular weight is 221 g/mol. The van der Waals surface area contributed by atoms with Crippen LogP contribution in [0.5, 0.6) is 0 Å². The zero-order valence-electron chi connectivity index (χ0n) is 9.72. The van der Waals surface area contributed by atoms with E-state index in [-0.39, 0.29) is 0 Å². The van der Waals surface area contributed by atoms with Gasteiger partial charge in [-0.25, -0.2) is 0 Å². The number of nitrogen functional groups attached to an aromatic ring is 1. The van der Waals surface area contributed by atoms with Crippen LogP contribution in [0.15, 0.2) is 18.5 Å². The van der Waals surface area contributed by atoms with Crippen LogP contribution < -0.4 is 10.6 Å². The first kappa shape index (κ1) is 11.2. The van der Waals surface area contributed by atoms with E-state index in [1.807, 2.05) is 6.07 Å². The Bertz CT molecular complexity index is 337. The molecule has 1 unspecified atom stereocenters. The summed E-state index contributed by atoms with van der Waals surface area (Å²) in [6, 6.07) is 1.96. The molecule has 1 saturated heterocycles. The van der Waals surface area contributed by atoms with Gasteiger partial charge >= 0.3 is 0 Å². The van der Waals surface area contributed by atoms with Gasteiger partial charge in [0.1, 0.15) is 0 Å². The fourth-order valence-electron chi connectivity index (χ4n) is 2.18.